The van der Waals surface area contributed by atoms with Gasteiger partial charge in [-0.25, -0.2) is 9.97 Å². The Labute approximate surface area is 153 Å². The molecule has 25 heavy (non-hydrogen) atoms. The first kappa shape index (κ1) is 17.6. The van der Waals surface area contributed by atoms with Gasteiger partial charge in [-0.3, -0.25) is 9.59 Å². The van der Waals surface area contributed by atoms with Gasteiger partial charge in [0.2, 0.25) is 0 Å². The number of aryl methyl sites for hydroxylation is 1. The smallest absolute Gasteiger partial charge is 0.307 e. The molecule has 0 aliphatic rings. The Morgan fingerprint density at radius 3 is 2.72 bits per heavy atom. The number of aromatic nitrogens is 2. The molecule has 1 atom stereocenters. The number of ketones is 1. The van der Waals surface area contributed by atoms with Crippen LogP contribution in [-0.4, -0.2) is 34.1 Å². The summed E-state index contributed by atoms with van der Waals surface area (Å²) in [7, 11) is 1.32. The van der Waals surface area contributed by atoms with E-state index < -0.39 is 11.2 Å². The number of fused-ring (bicyclic) bond motifs is 1. The Morgan fingerprint density at radius 1 is 1.24 bits per heavy atom. The van der Waals surface area contributed by atoms with Gasteiger partial charge in [-0.2, -0.15) is 0 Å². The van der Waals surface area contributed by atoms with Crippen molar-refractivity contribution in [3.05, 3.63) is 53.2 Å². The highest BCUT2D eigenvalue weighted by Crippen LogP contribution is 2.34. The third-order valence-electron chi connectivity index (χ3n) is 3.60. The summed E-state index contributed by atoms with van der Waals surface area (Å²) >= 11 is 2.86. The molecule has 0 bridgehead atoms. The summed E-state index contributed by atoms with van der Waals surface area (Å²) in [6.45, 7) is 2.00. The van der Waals surface area contributed by atoms with Crippen LogP contribution in [0.15, 0.2) is 47.8 Å². The zero-order valence-electron chi connectivity index (χ0n) is 13.8. The first-order chi connectivity index (χ1) is 12.1. The molecule has 7 heteroatoms. The number of esters is 1. The van der Waals surface area contributed by atoms with Crippen molar-refractivity contribution in [2.75, 3.05) is 7.11 Å². The fourth-order valence-corrected chi connectivity index (χ4v) is 4.43. The van der Waals surface area contributed by atoms with Crippen LogP contribution in [0.25, 0.3) is 10.2 Å². The van der Waals surface area contributed by atoms with Crippen molar-refractivity contribution in [2.45, 2.75) is 23.6 Å². The molecule has 0 saturated carbocycles. The fraction of sp³-hybridized carbons (Fsp3) is 0.222. The van der Waals surface area contributed by atoms with Gasteiger partial charge in [-0.05, 0) is 13.0 Å². The average Bonchev–Trinajstić information content (AvgIpc) is 3.02. The third-order valence-corrected chi connectivity index (χ3v) is 5.77. The highest BCUT2D eigenvalue weighted by atomic mass is 32.2. The van der Waals surface area contributed by atoms with Crippen LogP contribution in [0.1, 0.15) is 21.7 Å². The Balaban J connectivity index is 1.94. The van der Waals surface area contributed by atoms with E-state index in [1.165, 1.54) is 25.2 Å². The van der Waals surface area contributed by atoms with Crippen molar-refractivity contribution in [3.63, 3.8) is 0 Å². The molecule has 0 N–H and O–H groups in total. The Morgan fingerprint density at radius 2 is 2.00 bits per heavy atom. The summed E-state index contributed by atoms with van der Waals surface area (Å²) in [5, 5.41) is 1.01. The number of Topliss-reactive ketones (excluding diaryl/α,β-unsaturated/α-hetero) is 1. The minimum Gasteiger partial charge on any atom is -0.469 e. The van der Waals surface area contributed by atoms with Crippen LogP contribution in [0.4, 0.5) is 0 Å². The van der Waals surface area contributed by atoms with Gasteiger partial charge < -0.3 is 4.74 Å². The van der Waals surface area contributed by atoms with Crippen LogP contribution in [0.3, 0.4) is 0 Å². The molecule has 1 aromatic carbocycles. The van der Waals surface area contributed by atoms with E-state index in [2.05, 4.69) is 9.97 Å². The average molecular weight is 372 g/mol. The van der Waals surface area contributed by atoms with Gasteiger partial charge in [-0.15, -0.1) is 11.3 Å². The molecule has 128 valence electrons. The van der Waals surface area contributed by atoms with Gasteiger partial charge in [0.25, 0.3) is 0 Å². The quantitative estimate of drug-likeness (QED) is 0.283. The number of benzene rings is 1. The van der Waals surface area contributed by atoms with Crippen molar-refractivity contribution in [2.24, 2.45) is 0 Å². The lowest BCUT2D eigenvalue weighted by Crippen LogP contribution is -2.22. The van der Waals surface area contributed by atoms with Gasteiger partial charge in [-0.1, -0.05) is 42.1 Å². The molecule has 0 aliphatic carbocycles. The molecule has 3 aromatic rings. The largest absolute Gasteiger partial charge is 0.469 e. The normalized spacial score (nSPS) is 12.1. The fourth-order valence-electron chi connectivity index (χ4n) is 2.39. The molecule has 0 saturated heterocycles. The second-order valence-electron chi connectivity index (χ2n) is 5.37. The second-order valence-corrected chi connectivity index (χ2v) is 7.80. The molecule has 0 fully saturated rings. The highest BCUT2D eigenvalue weighted by Gasteiger charge is 2.26. The van der Waals surface area contributed by atoms with Gasteiger partial charge >= 0.3 is 5.97 Å². The van der Waals surface area contributed by atoms with E-state index in [0.717, 1.165) is 15.1 Å². The summed E-state index contributed by atoms with van der Waals surface area (Å²) in [5.41, 5.74) is 0.565. The molecule has 2 heterocycles. The molecule has 3 rings (SSSR count). The Bertz CT molecular complexity index is 909. The maximum Gasteiger partial charge on any atom is 0.307 e. The zero-order chi connectivity index (χ0) is 17.8. The number of hydrogen-bond donors (Lipinski definition) is 0. The summed E-state index contributed by atoms with van der Waals surface area (Å²) in [6.07, 6.45) is 1.48. The minimum absolute atomic E-state index is 0.0104. The van der Waals surface area contributed by atoms with Crippen LogP contribution in [0.2, 0.25) is 0 Å². The molecule has 0 amide bonds. The standard InChI is InChI=1S/C18H16N2O3S2/c1-11-8-13-17(24-11)19-10-20-18(13)25-14(9-15(21)23-2)16(22)12-6-4-3-5-7-12/h3-8,10,14H,9H2,1-2H3. The first-order valence-electron chi connectivity index (χ1n) is 7.62. The number of carbonyl (C=O) groups is 2. The highest BCUT2D eigenvalue weighted by molar-refractivity contribution is 8.00. The molecule has 0 radical (unpaired) electrons. The van der Waals surface area contributed by atoms with Crippen LogP contribution in [0, 0.1) is 6.92 Å². The number of thioether (sulfide) groups is 1. The topological polar surface area (TPSA) is 69.2 Å². The molecule has 0 spiro atoms. The van der Waals surface area contributed by atoms with Gasteiger partial charge in [0, 0.05) is 15.8 Å². The van der Waals surface area contributed by atoms with Gasteiger partial charge in [0.1, 0.15) is 16.2 Å². The van der Waals surface area contributed by atoms with Crippen LogP contribution < -0.4 is 0 Å². The van der Waals surface area contributed by atoms with Crippen molar-refractivity contribution in [1.82, 2.24) is 9.97 Å². The van der Waals surface area contributed by atoms with E-state index in [9.17, 15) is 9.59 Å². The lowest BCUT2D eigenvalue weighted by atomic mass is 10.1. The lowest BCUT2D eigenvalue weighted by Gasteiger charge is -2.14. The van der Waals surface area contributed by atoms with E-state index in [1.54, 1.807) is 35.6 Å². The van der Waals surface area contributed by atoms with E-state index in [1.807, 2.05) is 19.1 Å². The number of carbonyl (C=O) groups excluding carboxylic acids is 2. The van der Waals surface area contributed by atoms with Crippen LogP contribution in [-0.2, 0) is 9.53 Å². The minimum atomic E-state index is -0.604. The molecule has 1 unspecified atom stereocenters. The summed E-state index contributed by atoms with van der Waals surface area (Å²) in [4.78, 5) is 35.3. The number of nitrogens with zero attached hydrogens (tertiary/aromatic N) is 2. The SMILES string of the molecule is COC(=O)CC(Sc1ncnc2sc(C)cc12)C(=O)c1ccccc1. The molecule has 0 aliphatic heterocycles. The van der Waals surface area contributed by atoms with E-state index in [0.29, 0.717) is 10.6 Å². The van der Waals surface area contributed by atoms with E-state index in [-0.39, 0.29) is 12.2 Å². The van der Waals surface area contributed by atoms with Gasteiger partial charge in [0.05, 0.1) is 18.8 Å². The van der Waals surface area contributed by atoms with Crippen molar-refractivity contribution in [1.29, 1.82) is 0 Å². The third kappa shape index (κ3) is 4.05. The maximum atomic E-state index is 12.9. The summed E-state index contributed by atoms with van der Waals surface area (Å²) < 4.78 is 4.76. The number of ether oxygens (including phenoxy) is 1. The molecular weight excluding hydrogens is 356 g/mol. The molecular formula is C18H16N2O3S2. The van der Waals surface area contributed by atoms with Crippen LogP contribution >= 0.6 is 23.1 Å². The number of thiophene rings is 1. The summed E-state index contributed by atoms with van der Waals surface area (Å²) in [6, 6.07) is 11.0. The second kappa shape index (κ2) is 7.76. The van der Waals surface area contributed by atoms with Crippen molar-refractivity contribution in [3.8, 4) is 0 Å². The predicted octanol–water partition coefficient (Wildman–Crippen LogP) is 3.91. The first-order valence-corrected chi connectivity index (χ1v) is 9.32. The lowest BCUT2D eigenvalue weighted by molar-refractivity contribution is -0.140. The molecule has 2 aromatic heterocycles. The molecule has 5 nitrogen and oxygen atoms in total. The number of methoxy groups -OCH3 is 1. The van der Waals surface area contributed by atoms with E-state index in [4.69, 9.17) is 4.74 Å². The van der Waals surface area contributed by atoms with Gasteiger partial charge in [0.15, 0.2) is 5.78 Å². The van der Waals surface area contributed by atoms with Crippen LogP contribution in [0.5, 0.6) is 0 Å². The maximum absolute atomic E-state index is 12.9. The predicted molar refractivity (Wildman–Crippen MR) is 99.2 cm³/mol. The van der Waals surface area contributed by atoms with Crippen molar-refractivity contribution >= 4 is 45.1 Å². The Kier molecular flexibility index (Phi) is 5.45. The zero-order valence-corrected chi connectivity index (χ0v) is 15.4. The monoisotopic (exact) mass is 372 g/mol. The van der Waals surface area contributed by atoms with E-state index >= 15 is 0 Å². The Hall–Kier alpha value is -2.25. The number of rotatable bonds is 6. The summed E-state index contributed by atoms with van der Waals surface area (Å²) in [5.74, 6) is -0.539. The van der Waals surface area contributed by atoms with Crippen molar-refractivity contribution < 1.29 is 14.3 Å². The number of hydrogen-bond acceptors (Lipinski definition) is 7.